The highest BCUT2D eigenvalue weighted by Crippen LogP contribution is 1.89. The van der Waals surface area contributed by atoms with Gasteiger partial charge in [-0.05, 0) is 20.9 Å². The van der Waals surface area contributed by atoms with Crippen LogP contribution in [0.5, 0.6) is 0 Å². The molecule has 82 valence electrons. The summed E-state index contributed by atoms with van der Waals surface area (Å²) in [6.45, 7) is 6.96. The molecule has 0 heterocycles. The van der Waals surface area contributed by atoms with E-state index in [0.29, 0.717) is 0 Å². The Kier molecular flexibility index (Phi) is 7.93. The fraction of sp³-hybridized carbons (Fsp3) is 0.700. The molecule has 0 aromatic carbocycles. The Labute approximate surface area is 87.1 Å². The number of hydrogen-bond acceptors (Lipinski definition) is 2. The number of likely N-dealkylation sites (N-methyl/N-ethyl adjacent to an activating group) is 2. The number of guanidine groups is 1. The van der Waals surface area contributed by atoms with E-state index in [-0.39, 0.29) is 0 Å². The van der Waals surface area contributed by atoms with E-state index in [9.17, 15) is 0 Å². The molecule has 0 aliphatic rings. The monoisotopic (exact) mass is 198 g/mol. The molecule has 0 radical (unpaired) electrons. The zero-order valence-corrected chi connectivity index (χ0v) is 9.67. The second-order valence-electron chi connectivity index (χ2n) is 2.87. The molecule has 0 atom stereocenters. The molecule has 0 aromatic rings. The predicted octanol–water partition coefficient (Wildman–Crippen LogP) is 0.637. The minimum absolute atomic E-state index is 0.917. The van der Waals surface area contributed by atoms with Crippen LogP contribution in [0.2, 0.25) is 0 Å². The minimum Gasteiger partial charge on any atom is -0.359 e. The molecule has 2 N–H and O–H groups in total. The van der Waals surface area contributed by atoms with Crippen molar-refractivity contribution in [1.29, 1.82) is 0 Å². The zero-order valence-electron chi connectivity index (χ0n) is 9.67. The number of nitrogens with one attached hydrogen (secondary N) is 2. The summed E-state index contributed by atoms with van der Waals surface area (Å²) < 4.78 is 0. The Balaban J connectivity index is 4.28. The summed E-state index contributed by atoms with van der Waals surface area (Å²) in [6.07, 6.45) is 3.72. The molecule has 0 aliphatic carbocycles. The number of allylic oxidation sites excluding steroid dienone is 1. The highest BCUT2D eigenvalue weighted by atomic mass is 15.3. The van der Waals surface area contributed by atoms with Crippen LogP contribution < -0.4 is 10.6 Å². The standard InChI is InChI=1S/C10H22N4/c1-5-7-13-10(12-4)14(6-2)9-8-11-3/h5,7,11H,6,8-9H2,1-4H3,(H,12,13)/b7-5-. The molecule has 0 unspecified atom stereocenters. The highest BCUT2D eigenvalue weighted by Gasteiger charge is 2.05. The average molecular weight is 198 g/mol. The van der Waals surface area contributed by atoms with E-state index < -0.39 is 0 Å². The number of nitrogens with zero attached hydrogens (tertiary/aromatic N) is 2. The van der Waals surface area contributed by atoms with E-state index in [1.165, 1.54) is 0 Å². The summed E-state index contributed by atoms with van der Waals surface area (Å²) in [4.78, 5) is 6.50. The summed E-state index contributed by atoms with van der Waals surface area (Å²) >= 11 is 0. The van der Waals surface area contributed by atoms with E-state index in [0.717, 1.165) is 25.6 Å². The van der Waals surface area contributed by atoms with Gasteiger partial charge in [-0.3, -0.25) is 0 Å². The smallest absolute Gasteiger partial charge is 0.198 e. The van der Waals surface area contributed by atoms with Gasteiger partial charge in [0.1, 0.15) is 0 Å². The third-order valence-corrected chi connectivity index (χ3v) is 1.88. The van der Waals surface area contributed by atoms with Crippen LogP contribution in [0.25, 0.3) is 0 Å². The molecule has 0 bridgehead atoms. The van der Waals surface area contributed by atoms with Gasteiger partial charge in [-0.25, -0.2) is 4.99 Å². The van der Waals surface area contributed by atoms with Crippen molar-refractivity contribution in [3.63, 3.8) is 0 Å². The van der Waals surface area contributed by atoms with Crippen LogP contribution >= 0.6 is 0 Å². The first kappa shape index (κ1) is 13.0. The van der Waals surface area contributed by atoms with Gasteiger partial charge in [0, 0.05) is 32.9 Å². The molecule has 0 spiro atoms. The fourth-order valence-corrected chi connectivity index (χ4v) is 1.11. The van der Waals surface area contributed by atoms with Crippen molar-refractivity contribution in [2.45, 2.75) is 13.8 Å². The Hall–Kier alpha value is -1.03. The molecular formula is C10H22N4. The topological polar surface area (TPSA) is 39.7 Å². The summed E-state index contributed by atoms with van der Waals surface area (Å²) in [5.74, 6) is 0.917. The largest absolute Gasteiger partial charge is 0.359 e. The van der Waals surface area contributed by atoms with Crippen LogP contribution in [-0.4, -0.2) is 44.6 Å². The van der Waals surface area contributed by atoms with Gasteiger partial charge in [-0.2, -0.15) is 0 Å². The maximum absolute atomic E-state index is 4.31. The lowest BCUT2D eigenvalue weighted by Gasteiger charge is -2.23. The molecule has 0 aromatic heterocycles. The Morgan fingerprint density at radius 1 is 1.43 bits per heavy atom. The van der Waals surface area contributed by atoms with Gasteiger partial charge in [-0.15, -0.1) is 0 Å². The van der Waals surface area contributed by atoms with Crippen LogP contribution in [0.4, 0.5) is 0 Å². The van der Waals surface area contributed by atoms with E-state index in [1.54, 1.807) is 6.20 Å². The molecule has 14 heavy (non-hydrogen) atoms. The average Bonchev–Trinajstić information content (AvgIpc) is 2.23. The zero-order chi connectivity index (χ0) is 10.8. The van der Waals surface area contributed by atoms with Gasteiger partial charge in [-0.1, -0.05) is 6.08 Å². The molecule has 0 aliphatic heterocycles. The molecule has 0 saturated heterocycles. The maximum atomic E-state index is 4.31. The SMILES string of the molecule is C/C=C\N=C(/NC)N(CC)CCNC. The Morgan fingerprint density at radius 3 is 2.57 bits per heavy atom. The van der Waals surface area contributed by atoms with E-state index in [2.05, 4.69) is 27.4 Å². The summed E-state index contributed by atoms with van der Waals surface area (Å²) in [5, 5.41) is 6.22. The van der Waals surface area contributed by atoms with Crippen LogP contribution in [0, 0.1) is 0 Å². The molecular weight excluding hydrogens is 176 g/mol. The predicted molar refractivity (Wildman–Crippen MR) is 62.5 cm³/mol. The molecule has 0 amide bonds. The fourth-order valence-electron chi connectivity index (χ4n) is 1.11. The second-order valence-corrected chi connectivity index (χ2v) is 2.87. The van der Waals surface area contributed by atoms with Crippen molar-refractivity contribution in [3.8, 4) is 0 Å². The highest BCUT2D eigenvalue weighted by molar-refractivity contribution is 5.80. The van der Waals surface area contributed by atoms with Crippen LogP contribution in [0.3, 0.4) is 0 Å². The molecule has 0 saturated carbocycles. The van der Waals surface area contributed by atoms with Gasteiger partial charge < -0.3 is 15.5 Å². The van der Waals surface area contributed by atoms with Gasteiger partial charge in [0.2, 0.25) is 0 Å². The van der Waals surface area contributed by atoms with Gasteiger partial charge in [0.15, 0.2) is 5.96 Å². The van der Waals surface area contributed by atoms with E-state index in [1.807, 2.05) is 27.1 Å². The first-order valence-corrected chi connectivity index (χ1v) is 5.06. The normalized spacial score (nSPS) is 12.1. The summed E-state index contributed by atoms with van der Waals surface area (Å²) in [6, 6.07) is 0. The lowest BCUT2D eigenvalue weighted by molar-refractivity contribution is 0.425. The first-order valence-electron chi connectivity index (χ1n) is 5.06. The molecule has 0 rings (SSSR count). The molecule has 0 fully saturated rings. The van der Waals surface area contributed by atoms with Crippen LogP contribution in [0.1, 0.15) is 13.8 Å². The van der Waals surface area contributed by atoms with Gasteiger partial charge >= 0.3 is 0 Å². The lowest BCUT2D eigenvalue weighted by Crippen LogP contribution is -2.42. The van der Waals surface area contributed by atoms with Gasteiger partial charge in [0.05, 0.1) is 0 Å². The Morgan fingerprint density at radius 2 is 2.14 bits per heavy atom. The molecule has 4 heteroatoms. The minimum atomic E-state index is 0.917. The number of rotatable bonds is 5. The lowest BCUT2D eigenvalue weighted by atomic mass is 10.5. The summed E-state index contributed by atoms with van der Waals surface area (Å²) in [5.41, 5.74) is 0. The third kappa shape index (κ3) is 4.87. The van der Waals surface area contributed by atoms with Crippen LogP contribution in [-0.2, 0) is 0 Å². The van der Waals surface area contributed by atoms with Crippen molar-refractivity contribution >= 4 is 5.96 Å². The number of aliphatic imine (C=N–C) groups is 1. The van der Waals surface area contributed by atoms with Crippen molar-refractivity contribution in [2.75, 3.05) is 33.7 Å². The maximum Gasteiger partial charge on any atom is 0.198 e. The number of hydrogen-bond donors (Lipinski definition) is 2. The van der Waals surface area contributed by atoms with Crippen molar-refractivity contribution in [1.82, 2.24) is 15.5 Å². The molecule has 4 nitrogen and oxygen atoms in total. The van der Waals surface area contributed by atoms with Crippen LogP contribution in [0.15, 0.2) is 17.3 Å². The van der Waals surface area contributed by atoms with Crippen molar-refractivity contribution in [2.24, 2.45) is 4.99 Å². The quantitative estimate of drug-likeness (QED) is 0.503. The van der Waals surface area contributed by atoms with Crippen molar-refractivity contribution < 1.29 is 0 Å². The van der Waals surface area contributed by atoms with E-state index in [4.69, 9.17) is 0 Å². The second kappa shape index (κ2) is 8.56. The van der Waals surface area contributed by atoms with Gasteiger partial charge in [0.25, 0.3) is 0 Å². The third-order valence-electron chi connectivity index (χ3n) is 1.88. The van der Waals surface area contributed by atoms with Crippen molar-refractivity contribution in [3.05, 3.63) is 12.3 Å². The van der Waals surface area contributed by atoms with E-state index >= 15 is 0 Å². The first-order chi connectivity index (χ1) is 6.79. The summed E-state index contributed by atoms with van der Waals surface area (Å²) in [7, 11) is 3.85. The Bertz CT molecular complexity index is 187.